The van der Waals surface area contributed by atoms with Crippen molar-refractivity contribution in [2.45, 2.75) is 31.3 Å². The van der Waals surface area contributed by atoms with E-state index in [-0.39, 0.29) is 0 Å². The van der Waals surface area contributed by atoms with E-state index in [2.05, 4.69) is 20.3 Å². The molecule has 0 fully saturated rings. The first-order chi connectivity index (χ1) is 9.78. The van der Waals surface area contributed by atoms with Gasteiger partial charge in [-0.05, 0) is 26.0 Å². The van der Waals surface area contributed by atoms with E-state index in [1.165, 1.54) is 11.8 Å². The van der Waals surface area contributed by atoms with Crippen LogP contribution in [0.5, 0.6) is 0 Å². The van der Waals surface area contributed by atoms with Crippen LogP contribution in [-0.4, -0.2) is 24.9 Å². The van der Waals surface area contributed by atoms with E-state index in [0.29, 0.717) is 23.2 Å². The number of nitrogens with zero attached hydrogens (tertiary/aromatic N) is 5. The highest BCUT2D eigenvalue weighted by Crippen LogP contribution is 2.26. The summed E-state index contributed by atoms with van der Waals surface area (Å²) >= 11 is 1.51. The molecule has 7 nitrogen and oxygen atoms in total. The third kappa shape index (κ3) is 2.46. The van der Waals surface area contributed by atoms with Crippen molar-refractivity contribution in [3.8, 4) is 11.6 Å². The first kappa shape index (κ1) is 12.9. The van der Waals surface area contributed by atoms with Crippen molar-refractivity contribution in [1.82, 2.24) is 24.9 Å². The molecule has 0 aliphatic carbocycles. The summed E-state index contributed by atoms with van der Waals surface area (Å²) in [7, 11) is 0. The van der Waals surface area contributed by atoms with Gasteiger partial charge >= 0.3 is 0 Å². The first-order valence-electron chi connectivity index (χ1n) is 6.17. The zero-order valence-corrected chi connectivity index (χ0v) is 11.9. The molecule has 3 aromatic rings. The lowest BCUT2D eigenvalue weighted by atomic mass is 10.4. The van der Waals surface area contributed by atoms with Crippen LogP contribution in [0.15, 0.2) is 32.5 Å². The van der Waals surface area contributed by atoms with Gasteiger partial charge in [-0.3, -0.25) is 4.57 Å². The van der Waals surface area contributed by atoms with Crippen LogP contribution in [0.4, 0.5) is 0 Å². The lowest BCUT2D eigenvalue weighted by Crippen LogP contribution is -1.99. The van der Waals surface area contributed by atoms with Gasteiger partial charge in [0.2, 0.25) is 5.89 Å². The largest absolute Gasteiger partial charge is 0.461 e. The van der Waals surface area contributed by atoms with Crippen LogP contribution < -0.4 is 0 Å². The van der Waals surface area contributed by atoms with Gasteiger partial charge in [0, 0.05) is 6.54 Å². The lowest BCUT2D eigenvalue weighted by molar-refractivity contribution is 0.387. The van der Waals surface area contributed by atoms with Crippen molar-refractivity contribution >= 4 is 11.8 Å². The molecule has 0 unspecified atom stereocenters. The van der Waals surface area contributed by atoms with Gasteiger partial charge in [0.15, 0.2) is 22.6 Å². The highest BCUT2D eigenvalue weighted by atomic mass is 32.2. The number of aryl methyl sites for hydroxylation is 1. The van der Waals surface area contributed by atoms with Gasteiger partial charge in [-0.15, -0.1) is 10.2 Å². The molecular weight excluding hydrogens is 278 g/mol. The molecule has 0 atom stereocenters. The van der Waals surface area contributed by atoms with Gasteiger partial charge in [0.25, 0.3) is 0 Å². The summed E-state index contributed by atoms with van der Waals surface area (Å²) in [6.07, 6.45) is 1.62. The Kier molecular flexibility index (Phi) is 3.55. The van der Waals surface area contributed by atoms with Crippen molar-refractivity contribution in [3.63, 3.8) is 0 Å². The number of rotatable bonds is 5. The molecule has 0 spiro atoms. The molecule has 0 radical (unpaired) electrons. The summed E-state index contributed by atoms with van der Waals surface area (Å²) in [5.74, 6) is 3.21. The Labute approximate surface area is 119 Å². The quantitative estimate of drug-likeness (QED) is 0.668. The minimum Gasteiger partial charge on any atom is -0.461 e. The third-order valence-corrected chi connectivity index (χ3v) is 3.62. The van der Waals surface area contributed by atoms with E-state index >= 15 is 0 Å². The average molecular weight is 291 g/mol. The van der Waals surface area contributed by atoms with Gasteiger partial charge in [-0.2, -0.15) is 4.98 Å². The Morgan fingerprint density at radius 1 is 1.35 bits per heavy atom. The summed E-state index contributed by atoms with van der Waals surface area (Å²) in [5.41, 5.74) is 0. The Morgan fingerprint density at radius 3 is 2.90 bits per heavy atom. The van der Waals surface area contributed by atoms with Gasteiger partial charge in [-0.25, -0.2) is 0 Å². The molecule has 0 bridgehead atoms. The standard InChI is InChI=1S/C12H13N5O2S/c1-3-17-11(9-5-4-6-18-9)14-15-12(17)20-7-10-13-8(2)16-19-10/h4-6H,3,7H2,1-2H3. The van der Waals surface area contributed by atoms with Crippen molar-refractivity contribution < 1.29 is 8.94 Å². The van der Waals surface area contributed by atoms with E-state index in [1.54, 1.807) is 13.2 Å². The Bertz CT molecular complexity index is 689. The number of aromatic nitrogens is 5. The zero-order valence-electron chi connectivity index (χ0n) is 11.1. The van der Waals surface area contributed by atoms with E-state index in [1.807, 2.05) is 23.6 Å². The molecule has 0 aliphatic rings. The lowest BCUT2D eigenvalue weighted by Gasteiger charge is -2.04. The second kappa shape index (κ2) is 5.49. The fourth-order valence-electron chi connectivity index (χ4n) is 1.79. The second-order valence-corrected chi connectivity index (χ2v) is 4.99. The van der Waals surface area contributed by atoms with Crippen molar-refractivity contribution in [2.75, 3.05) is 0 Å². The first-order valence-corrected chi connectivity index (χ1v) is 7.15. The average Bonchev–Trinajstić information content (AvgIpc) is 3.16. The predicted octanol–water partition coefficient (Wildman–Crippen LogP) is 2.54. The molecule has 3 heterocycles. The van der Waals surface area contributed by atoms with Crippen LogP contribution in [0.3, 0.4) is 0 Å². The van der Waals surface area contributed by atoms with Crippen molar-refractivity contribution in [1.29, 1.82) is 0 Å². The van der Waals surface area contributed by atoms with Crippen molar-refractivity contribution in [2.24, 2.45) is 0 Å². The third-order valence-electron chi connectivity index (χ3n) is 2.67. The summed E-state index contributed by atoms with van der Waals surface area (Å²) in [4.78, 5) is 4.16. The molecule has 104 valence electrons. The van der Waals surface area contributed by atoms with Crippen LogP contribution in [0.1, 0.15) is 18.6 Å². The number of furan rings is 1. The van der Waals surface area contributed by atoms with Gasteiger partial charge in [0.05, 0.1) is 12.0 Å². The van der Waals surface area contributed by atoms with Crippen LogP contribution in [-0.2, 0) is 12.3 Å². The highest BCUT2D eigenvalue weighted by molar-refractivity contribution is 7.98. The minimum absolute atomic E-state index is 0.567. The van der Waals surface area contributed by atoms with Crippen molar-refractivity contribution in [3.05, 3.63) is 30.1 Å². The Hall–Kier alpha value is -2.09. The molecule has 3 aromatic heterocycles. The maximum atomic E-state index is 5.37. The summed E-state index contributed by atoms with van der Waals surface area (Å²) < 4.78 is 12.4. The molecule has 0 N–H and O–H groups in total. The fourth-order valence-corrected chi connectivity index (χ4v) is 2.63. The Balaban J connectivity index is 1.80. The highest BCUT2D eigenvalue weighted by Gasteiger charge is 2.16. The molecular formula is C12H13N5O2S. The maximum absolute atomic E-state index is 5.37. The minimum atomic E-state index is 0.567. The molecule has 0 saturated heterocycles. The SMILES string of the molecule is CCn1c(SCc2nc(C)no2)nnc1-c1ccco1. The maximum Gasteiger partial charge on any atom is 0.237 e. The Morgan fingerprint density at radius 2 is 2.25 bits per heavy atom. The molecule has 3 rings (SSSR count). The molecule has 0 amide bonds. The predicted molar refractivity (Wildman–Crippen MR) is 72.0 cm³/mol. The van der Waals surface area contributed by atoms with Gasteiger partial charge in [-0.1, -0.05) is 16.9 Å². The zero-order chi connectivity index (χ0) is 13.9. The summed E-state index contributed by atoms with van der Waals surface area (Å²) in [6.45, 7) is 4.59. The topological polar surface area (TPSA) is 82.8 Å². The van der Waals surface area contributed by atoms with Crippen LogP contribution in [0.2, 0.25) is 0 Å². The van der Waals surface area contributed by atoms with Gasteiger partial charge < -0.3 is 8.94 Å². The summed E-state index contributed by atoms with van der Waals surface area (Å²) in [5, 5.41) is 12.9. The fraction of sp³-hybridized carbons (Fsp3) is 0.333. The molecule has 0 saturated carbocycles. The van der Waals surface area contributed by atoms with Crippen LogP contribution >= 0.6 is 11.8 Å². The van der Waals surface area contributed by atoms with Crippen LogP contribution in [0, 0.1) is 6.92 Å². The monoisotopic (exact) mass is 291 g/mol. The molecule has 0 aromatic carbocycles. The number of hydrogen-bond acceptors (Lipinski definition) is 7. The second-order valence-electron chi connectivity index (χ2n) is 4.05. The van der Waals surface area contributed by atoms with E-state index in [4.69, 9.17) is 8.94 Å². The normalized spacial score (nSPS) is 11.1. The van der Waals surface area contributed by atoms with E-state index in [9.17, 15) is 0 Å². The van der Waals surface area contributed by atoms with E-state index in [0.717, 1.165) is 17.5 Å². The number of thioether (sulfide) groups is 1. The molecule has 0 aliphatic heterocycles. The van der Waals surface area contributed by atoms with Gasteiger partial charge in [0.1, 0.15) is 0 Å². The summed E-state index contributed by atoms with van der Waals surface area (Å²) in [6, 6.07) is 3.70. The smallest absolute Gasteiger partial charge is 0.237 e. The van der Waals surface area contributed by atoms with Crippen LogP contribution in [0.25, 0.3) is 11.6 Å². The number of hydrogen-bond donors (Lipinski definition) is 0. The molecule has 8 heteroatoms. The molecule has 20 heavy (non-hydrogen) atoms. The van der Waals surface area contributed by atoms with E-state index < -0.39 is 0 Å².